The van der Waals surface area contributed by atoms with Gasteiger partial charge in [0.15, 0.2) is 0 Å². The van der Waals surface area contributed by atoms with Gasteiger partial charge >= 0.3 is 6.03 Å². The van der Waals surface area contributed by atoms with Gasteiger partial charge in [-0.3, -0.25) is 0 Å². The molecular weight excluding hydrogens is 457 g/mol. The van der Waals surface area contributed by atoms with Gasteiger partial charge in [0.1, 0.15) is 28.8 Å². The van der Waals surface area contributed by atoms with Crippen molar-refractivity contribution in [2.75, 3.05) is 12.4 Å². The fraction of sp³-hybridized carbons (Fsp3) is 0.0345. The molecule has 0 bridgehead atoms. The summed E-state index contributed by atoms with van der Waals surface area (Å²) in [5.41, 5.74) is 3.41. The third-order valence-corrected chi connectivity index (χ3v) is 5.53. The minimum atomic E-state index is -0.435. The van der Waals surface area contributed by atoms with Crippen molar-refractivity contribution in [3.05, 3.63) is 115 Å². The summed E-state index contributed by atoms with van der Waals surface area (Å²) in [6, 6.07) is 29.5. The molecule has 0 aliphatic heterocycles. The van der Waals surface area contributed by atoms with E-state index < -0.39 is 6.03 Å². The molecule has 4 aromatic carbocycles. The fourth-order valence-corrected chi connectivity index (χ4v) is 3.69. The maximum Gasteiger partial charge on any atom is 0.346 e. The molecule has 7 heteroatoms. The number of hydrogen-bond donors (Lipinski definition) is 1. The molecule has 5 rings (SSSR count). The number of ether oxygens (including phenoxy) is 2. The summed E-state index contributed by atoms with van der Waals surface area (Å²) in [4.78, 5) is 13.1. The largest absolute Gasteiger partial charge is 0.497 e. The average molecular weight is 480 g/mol. The van der Waals surface area contributed by atoms with Crippen LogP contribution in [-0.4, -0.2) is 22.9 Å². The molecule has 1 N–H and O–H groups in total. The van der Waals surface area contributed by atoms with Gasteiger partial charge in [-0.15, -0.1) is 0 Å². The first-order valence-corrected chi connectivity index (χ1v) is 11.2. The van der Waals surface area contributed by atoms with Crippen molar-refractivity contribution in [2.24, 2.45) is 0 Å². The maximum absolute atomic E-state index is 13.5. The number of para-hydroxylation sites is 1. The number of anilines is 1. The topological polar surface area (TPSA) is 65.4 Å². The lowest BCUT2D eigenvalue weighted by atomic mass is 10.0. The maximum atomic E-state index is 13.5. The van der Waals surface area contributed by atoms with E-state index in [0.29, 0.717) is 28.4 Å². The van der Waals surface area contributed by atoms with Crippen molar-refractivity contribution >= 4 is 11.7 Å². The summed E-state index contributed by atoms with van der Waals surface area (Å²) in [5, 5.41) is 7.40. The molecule has 0 radical (unpaired) electrons. The zero-order chi connectivity index (χ0) is 24.9. The molecule has 0 unspecified atom stereocenters. The summed E-state index contributed by atoms with van der Waals surface area (Å²) in [5.74, 6) is 1.75. The SMILES string of the molecule is COc1ccc(-c2nn(C(=O)Nc3ccc(Oc4ccccc4)cc3)cc2-c2ccc(F)cc2)cc1. The Morgan fingerprint density at radius 3 is 2.06 bits per heavy atom. The molecule has 0 aliphatic carbocycles. The van der Waals surface area contributed by atoms with Crippen LogP contribution >= 0.6 is 0 Å². The monoisotopic (exact) mass is 479 g/mol. The first kappa shape index (κ1) is 22.9. The van der Waals surface area contributed by atoms with Gasteiger partial charge < -0.3 is 14.8 Å². The summed E-state index contributed by atoms with van der Waals surface area (Å²) < 4.78 is 25.8. The Morgan fingerprint density at radius 2 is 1.39 bits per heavy atom. The van der Waals surface area contributed by atoms with Gasteiger partial charge in [-0.25, -0.2) is 9.18 Å². The van der Waals surface area contributed by atoms with Crippen molar-refractivity contribution in [2.45, 2.75) is 0 Å². The van der Waals surface area contributed by atoms with Crippen LogP contribution in [0.15, 0.2) is 109 Å². The van der Waals surface area contributed by atoms with Crippen molar-refractivity contribution in [3.63, 3.8) is 0 Å². The Bertz CT molecular complexity index is 1460. The summed E-state index contributed by atoms with van der Waals surface area (Å²) in [7, 11) is 1.60. The van der Waals surface area contributed by atoms with Crippen LogP contribution < -0.4 is 14.8 Å². The van der Waals surface area contributed by atoms with E-state index in [1.807, 2.05) is 54.6 Å². The number of halogens is 1. The highest BCUT2D eigenvalue weighted by Crippen LogP contribution is 2.32. The van der Waals surface area contributed by atoms with Crippen LogP contribution in [0, 0.1) is 5.82 Å². The predicted molar refractivity (Wildman–Crippen MR) is 137 cm³/mol. The molecule has 0 spiro atoms. The molecule has 36 heavy (non-hydrogen) atoms. The Labute approximate surface area is 207 Å². The Morgan fingerprint density at radius 1 is 0.778 bits per heavy atom. The summed E-state index contributed by atoms with van der Waals surface area (Å²) >= 11 is 0. The number of aromatic nitrogens is 2. The van der Waals surface area contributed by atoms with Gasteiger partial charge in [0.25, 0.3) is 0 Å². The van der Waals surface area contributed by atoms with Gasteiger partial charge in [0.05, 0.1) is 7.11 Å². The molecule has 0 aliphatic rings. The van der Waals surface area contributed by atoms with Gasteiger partial charge in [-0.1, -0.05) is 30.3 Å². The van der Waals surface area contributed by atoms with Crippen LogP contribution in [0.1, 0.15) is 0 Å². The molecule has 1 aromatic heterocycles. The van der Waals surface area contributed by atoms with E-state index in [9.17, 15) is 9.18 Å². The van der Waals surface area contributed by atoms with Crippen molar-refractivity contribution in [1.82, 2.24) is 9.78 Å². The minimum Gasteiger partial charge on any atom is -0.497 e. The fourth-order valence-electron chi connectivity index (χ4n) is 3.69. The standard InChI is InChI=1S/C29H22FN3O3/c1-35-24-15-9-21(10-16-24)28-27(20-7-11-22(30)12-8-20)19-33(32-28)29(34)31-23-13-17-26(18-14-23)36-25-5-3-2-4-6-25/h2-19H,1H3,(H,31,34). The summed E-state index contributed by atoms with van der Waals surface area (Å²) in [6.07, 6.45) is 1.63. The van der Waals surface area contributed by atoms with E-state index in [2.05, 4.69) is 10.4 Å². The van der Waals surface area contributed by atoms with Gasteiger partial charge in [-0.05, 0) is 78.4 Å². The highest BCUT2D eigenvalue weighted by molar-refractivity contribution is 5.92. The van der Waals surface area contributed by atoms with E-state index in [1.54, 1.807) is 49.7 Å². The molecule has 1 amide bonds. The zero-order valence-electron chi connectivity index (χ0n) is 19.4. The molecular formula is C29H22FN3O3. The van der Waals surface area contributed by atoms with Crippen LogP contribution in [0.4, 0.5) is 14.9 Å². The first-order valence-electron chi connectivity index (χ1n) is 11.2. The van der Waals surface area contributed by atoms with Crippen LogP contribution in [0.5, 0.6) is 17.2 Å². The van der Waals surface area contributed by atoms with Gasteiger partial charge in [0, 0.05) is 23.0 Å². The lowest BCUT2D eigenvalue weighted by Crippen LogP contribution is -2.19. The normalized spacial score (nSPS) is 10.6. The van der Waals surface area contributed by atoms with Crippen molar-refractivity contribution < 1.29 is 18.7 Å². The third kappa shape index (κ3) is 5.10. The number of rotatable bonds is 6. The van der Waals surface area contributed by atoms with Crippen LogP contribution in [-0.2, 0) is 0 Å². The minimum absolute atomic E-state index is 0.338. The number of carbonyl (C=O) groups excluding carboxylic acids is 1. The molecule has 0 fully saturated rings. The van der Waals surface area contributed by atoms with Crippen LogP contribution in [0.25, 0.3) is 22.4 Å². The number of amides is 1. The number of nitrogens with one attached hydrogen (secondary N) is 1. The second-order valence-electron chi connectivity index (χ2n) is 7.94. The number of nitrogens with zero attached hydrogens (tertiary/aromatic N) is 2. The van der Waals surface area contributed by atoms with Crippen molar-refractivity contribution in [3.8, 4) is 39.6 Å². The number of hydrogen-bond acceptors (Lipinski definition) is 4. The lowest BCUT2D eigenvalue weighted by Gasteiger charge is -2.08. The average Bonchev–Trinajstić information content (AvgIpc) is 3.37. The number of methoxy groups -OCH3 is 1. The second kappa shape index (κ2) is 10.1. The predicted octanol–water partition coefficient (Wildman–Crippen LogP) is 7.24. The lowest BCUT2D eigenvalue weighted by molar-refractivity contribution is 0.251. The van der Waals surface area contributed by atoms with E-state index in [1.165, 1.54) is 16.8 Å². The molecule has 178 valence electrons. The second-order valence-corrected chi connectivity index (χ2v) is 7.94. The number of benzene rings is 4. The van der Waals surface area contributed by atoms with Crippen molar-refractivity contribution in [1.29, 1.82) is 0 Å². The molecule has 6 nitrogen and oxygen atoms in total. The summed E-state index contributed by atoms with van der Waals surface area (Å²) in [6.45, 7) is 0. The Balaban J connectivity index is 1.40. The van der Waals surface area contributed by atoms with Gasteiger partial charge in [-0.2, -0.15) is 9.78 Å². The van der Waals surface area contributed by atoms with E-state index in [0.717, 1.165) is 16.9 Å². The molecule has 5 aromatic rings. The van der Waals surface area contributed by atoms with E-state index >= 15 is 0 Å². The first-order chi connectivity index (χ1) is 17.6. The Hall–Kier alpha value is -4.91. The quantitative estimate of drug-likeness (QED) is 0.279. The van der Waals surface area contributed by atoms with E-state index in [-0.39, 0.29) is 5.82 Å². The molecule has 0 saturated carbocycles. The zero-order valence-corrected chi connectivity index (χ0v) is 19.4. The molecule has 0 atom stereocenters. The van der Waals surface area contributed by atoms with Crippen LogP contribution in [0.2, 0.25) is 0 Å². The highest BCUT2D eigenvalue weighted by atomic mass is 19.1. The van der Waals surface area contributed by atoms with Gasteiger partial charge in [0.2, 0.25) is 0 Å². The van der Waals surface area contributed by atoms with E-state index in [4.69, 9.17) is 9.47 Å². The smallest absolute Gasteiger partial charge is 0.346 e. The Kier molecular flexibility index (Phi) is 6.44. The highest BCUT2D eigenvalue weighted by Gasteiger charge is 2.17. The molecule has 1 heterocycles. The van der Waals surface area contributed by atoms with Crippen LogP contribution in [0.3, 0.4) is 0 Å². The molecule has 0 saturated heterocycles. The third-order valence-electron chi connectivity index (χ3n) is 5.53. The number of carbonyl (C=O) groups is 1.